The van der Waals surface area contributed by atoms with E-state index in [4.69, 9.17) is 0 Å². The summed E-state index contributed by atoms with van der Waals surface area (Å²) in [5.74, 6) is 0.889. The van der Waals surface area contributed by atoms with Crippen LogP contribution >= 0.6 is 0 Å². The molecular formula is C12H25NO2. The van der Waals surface area contributed by atoms with Gasteiger partial charge < -0.3 is 4.90 Å². The average Bonchev–Trinajstić information content (AvgIpc) is 2.15. The Labute approximate surface area is 93.8 Å². The SMILES string of the molecule is CC(C)C(=O)N(C)C.CCC(=O)C(C)C. The van der Waals surface area contributed by atoms with Gasteiger partial charge in [0.05, 0.1) is 0 Å². The van der Waals surface area contributed by atoms with Crippen LogP contribution in [0.2, 0.25) is 0 Å². The Morgan fingerprint density at radius 1 is 1.00 bits per heavy atom. The van der Waals surface area contributed by atoms with Crippen molar-refractivity contribution in [2.75, 3.05) is 14.1 Å². The number of nitrogens with zero attached hydrogens (tertiary/aromatic N) is 1. The zero-order valence-electron chi connectivity index (χ0n) is 11.1. The van der Waals surface area contributed by atoms with Gasteiger partial charge in [-0.15, -0.1) is 0 Å². The van der Waals surface area contributed by atoms with Gasteiger partial charge in [0.2, 0.25) is 5.91 Å². The first kappa shape index (κ1) is 16.6. The van der Waals surface area contributed by atoms with E-state index in [-0.39, 0.29) is 17.7 Å². The third-order valence-corrected chi connectivity index (χ3v) is 1.93. The molecule has 0 spiro atoms. The van der Waals surface area contributed by atoms with Gasteiger partial charge in [-0.3, -0.25) is 9.59 Å². The van der Waals surface area contributed by atoms with Crippen LogP contribution in [0.3, 0.4) is 0 Å². The number of hydrogen-bond donors (Lipinski definition) is 0. The largest absolute Gasteiger partial charge is 0.349 e. The highest BCUT2D eigenvalue weighted by Crippen LogP contribution is 1.95. The normalized spacial score (nSPS) is 9.67. The lowest BCUT2D eigenvalue weighted by molar-refractivity contribution is -0.131. The van der Waals surface area contributed by atoms with E-state index in [1.54, 1.807) is 19.0 Å². The lowest BCUT2D eigenvalue weighted by atomic mass is 10.1. The fraction of sp³-hybridized carbons (Fsp3) is 0.833. The minimum absolute atomic E-state index is 0.130. The summed E-state index contributed by atoms with van der Waals surface area (Å²) in [5, 5.41) is 0. The van der Waals surface area contributed by atoms with Crippen molar-refractivity contribution in [1.29, 1.82) is 0 Å². The molecule has 0 bridgehead atoms. The third kappa shape index (κ3) is 9.44. The molecule has 0 radical (unpaired) electrons. The number of carbonyl (C=O) groups is 2. The van der Waals surface area contributed by atoms with Gasteiger partial charge >= 0.3 is 0 Å². The fourth-order valence-electron chi connectivity index (χ4n) is 0.925. The van der Waals surface area contributed by atoms with Gasteiger partial charge in [-0.1, -0.05) is 34.6 Å². The molecule has 0 unspecified atom stereocenters. The minimum atomic E-state index is 0.130. The summed E-state index contributed by atoms with van der Waals surface area (Å²) in [4.78, 5) is 22.9. The third-order valence-electron chi connectivity index (χ3n) is 1.93. The van der Waals surface area contributed by atoms with Crippen LogP contribution in [0.25, 0.3) is 0 Å². The molecule has 0 aromatic rings. The quantitative estimate of drug-likeness (QED) is 0.724. The first-order valence-corrected chi connectivity index (χ1v) is 5.47. The van der Waals surface area contributed by atoms with Crippen LogP contribution in [0.4, 0.5) is 0 Å². The molecule has 0 N–H and O–H groups in total. The Bertz CT molecular complexity index is 186. The molecule has 0 aliphatic carbocycles. The highest BCUT2D eigenvalue weighted by atomic mass is 16.2. The average molecular weight is 215 g/mol. The van der Waals surface area contributed by atoms with Gasteiger partial charge in [-0.25, -0.2) is 0 Å². The van der Waals surface area contributed by atoms with Crippen LogP contribution in [0.5, 0.6) is 0 Å². The van der Waals surface area contributed by atoms with Gasteiger partial charge in [-0.05, 0) is 0 Å². The topological polar surface area (TPSA) is 37.4 Å². The van der Waals surface area contributed by atoms with Crippen LogP contribution in [0, 0.1) is 11.8 Å². The van der Waals surface area contributed by atoms with Gasteiger partial charge in [0.1, 0.15) is 5.78 Å². The number of hydrogen-bond acceptors (Lipinski definition) is 2. The van der Waals surface area contributed by atoms with E-state index in [1.807, 2.05) is 34.6 Å². The molecule has 1 amide bonds. The summed E-state index contributed by atoms with van der Waals surface area (Å²) in [7, 11) is 3.53. The standard InChI is InChI=1S/C6H13NO.C6H12O/c1-5(2)6(8)7(3)4;1-4-6(7)5(2)3/h5H,1-4H3;5H,4H2,1-3H3. The molecule has 0 rings (SSSR count). The molecule has 0 aliphatic heterocycles. The lowest BCUT2D eigenvalue weighted by Gasteiger charge is -2.11. The summed E-state index contributed by atoms with van der Waals surface area (Å²) in [5.41, 5.74) is 0. The molecule has 15 heavy (non-hydrogen) atoms. The maximum Gasteiger partial charge on any atom is 0.224 e. The van der Waals surface area contributed by atoms with Gasteiger partial charge in [0, 0.05) is 32.4 Å². The van der Waals surface area contributed by atoms with Crippen LogP contribution in [0.1, 0.15) is 41.0 Å². The summed E-state index contributed by atoms with van der Waals surface area (Å²) < 4.78 is 0. The second-order valence-corrected chi connectivity index (χ2v) is 4.36. The number of ketones is 1. The molecule has 0 heterocycles. The van der Waals surface area contributed by atoms with E-state index in [0.717, 1.165) is 0 Å². The van der Waals surface area contributed by atoms with Crippen LogP contribution in [-0.2, 0) is 9.59 Å². The fourth-order valence-corrected chi connectivity index (χ4v) is 0.925. The molecule has 0 aliphatic rings. The van der Waals surface area contributed by atoms with E-state index in [2.05, 4.69) is 0 Å². The zero-order chi connectivity index (χ0) is 12.6. The molecule has 0 aromatic heterocycles. The first-order valence-electron chi connectivity index (χ1n) is 5.47. The molecule has 0 aromatic carbocycles. The molecule has 3 heteroatoms. The predicted molar refractivity (Wildman–Crippen MR) is 63.7 cm³/mol. The Morgan fingerprint density at radius 2 is 1.40 bits per heavy atom. The van der Waals surface area contributed by atoms with Crippen molar-refractivity contribution in [2.45, 2.75) is 41.0 Å². The maximum absolute atomic E-state index is 10.8. The van der Waals surface area contributed by atoms with Crippen molar-refractivity contribution in [2.24, 2.45) is 11.8 Å². The molecule has 0 atom stereocenters. The van der Waals surface area contributed by atoms with E-state index >= 15 is 0 Å². The van der Waals surface area contributed by atoms with E-state index in [1.165, 1.54) is 0 Å². The number of amides is 1. The van der Waals surface area contributed by atoms with Crippen molar-refractivity contribution >= 4 is 11.7 Å². The Hall–Kier alpha value is -0.860. The molecule has 0 saturated carbocycles. The maximum atomic E-state index is 10.8. The molecule has 0 saturated heterocycles. The molecular weight excluding hydrogens is 190 g/mol. The second kappa shape index (κ2) is 8.45. The second-order valence-electron chi connectivity index (χ2n) is 4.36. The van der Waals surface area contributed by atoms with Crippen molar-refractivity contribution in [3.63, 3.8) is 0 Å². The van der Waals surface area contributed by atoms with Crippen LogP contribution in [-0.4, -0.2) is 30.7 Å². The smallest absolute Gasteiger partial charge is 0.224 e. The van der Waals surface area contributed by atoms with Gasteiger partial charge in [0.25, 0.3) is 0 Å². The van der Waals surface area contributed by atoms with Gasteiger partial charge in [-0.2, -0.15) is 0 Å². The predicted octanol–water partition coefficient (Wildman–Crippen LogP) is 2.35. The van der Waals surface area contributed by atoms with Gasteiger partial charge in [0.15, 0.2) is 0 Å². The van der Waals surface area contributed by atoms with E-state index in [0.29, 0.717) is 12.2 Å². The minimum Gasteiger partial charge on any atom is -0.349 e. The van der Waals surface area contributed by atoms with E-state index in [9.17, 15) is 9.59 Å². The highest BCUT2D eigenvalue weighted by molar-refractivity contribution is 5.79. The lowest BCUT2D eigenvalue weighted by Crippen LogP contribution is -2.26. The summed E-state index contributed by atoms with van der Waals surface area (Å²) in [6.07, 6.45) is 0.678. The highest BCUT2D eigenvalue weighted by Gasteiger charge is 2.06. The van der Waals surface area contributed by atoms with Crippen LogP contribution < -0.4 is 0 Å². The molecule has 0 fully saturated rings. The molecule has 3 nitrogen and oxygen atoms in total. The number of Topliss-reactive ketones (excluding diaryl/α,β-unsaturated/α-hetero) is 1. The Kier molecular flexibility index (Phi) is 9.33. The van der Waals surface area contributed by atoms with E-state index < -0.39 is 0 Å². The van der Waals surface area contributed by atoms with Crippen molar-refractivity contribution in [3.8, 4) is 0 Å². The first-order chi connectivity index (χ1) is 6.73. The van der Waals surface area contributed by atoms with Crippen LogP contribution in [0.15, 0.2) is 0 Å². The van der Waals surface area contributed by atoms with Crippen molar-refractivity contribution < 1.29 is 9.59 Å². The zero-order valence-corrected chi connectivity index (χ0v) is 11.1. The Balaban J connectivity index is 0. The monoisotopic (exact) mass is 215 g/mol. The Morgan fingerprint density at radius 3 is 1.40 bits per heavy atom. The summed E-state index contributed by atoms with van der Waals surface area (Å²) >= 11 is 0. The van der Waals surface area contributed by atoms with Crippen molar-refractivity contribution in [3.05, 3.63) is 0 Å². The number of rotatable bonds is 3. The number of carbonyl (C=O) groups excluding carboxylic acids is 2. The summed E-state index contributed by atoms with van der Waals surface area (Å²) in [6, 6.07) is 0. The summed E-state index contributed by atoms with van der Waals surface area (Å²) in [6.45, 7) is 9.52. The van der Waals surface area contributed by atoms with Crippen molar-refractivity contribution in [1.82, 2.24) is 4.90 Å². The molecule has 90 valence electrons.